The molecule has 4 rings (SSSR count). The van der Waals surface area contributed by atoms with Crippen LogP contribution in [0.15, 0.2) is 24.8 Å². The molecule has 0 aliphatic heterocycles. The lowest BCUT2D eigenvalue weighted by Crippen LogP contribution is -2.12. The highest BCUT2D eigenvalue weighted by atomic mass is 19.1. The van der Waals surface area contributed by atoms with Crippen molar-refractivity contribution in [3.05, 3.63) is 41.9 Å². The molecular weight excluding hydrogens is 353 g/mol. The van der Waals surface area contributed by atoms with Crippen molar-refractivity contribution < 1.29 is 19.0 Å². The Kier molecular flexibility index (Phi) is 4.15. The molecule has 0 fully saturated rings. The summed E-state index contributed by atoms with van der Waals surface area (Å²) in [5, 5.41) is 13.9. The maximum atomic E-state index is 14.8. The first-order valence-corrected chi connectivity index (χ1v) is 8.39. The molecule has 8 nitrogen and oxygen atoms in total. The standard InChI is InChI=1S/C18H18FN5O3/c1-9-4-12-15(19)13(5-20-17(12)23-9)27-18-16-11(3)14(26-7-10(2)25)6-24(16)22-8-21-18/h4-6,8,10,25H,7H2,1-3H3,(H,20,23)/t10-/m0/s1. The van der Waals surface area contributed by atoms with Crippen LogP contribution in [-0.4, -0.2) is 42.4 Å². The number of ether oxygens (including phenoxy) is 2. The normalized spacial score (nSPS) is 12.6. The summed E-state index contributed by atoms with van der Waals surface area (Å²) in [6.45, 7) is 5.42. The van der Waals surface area contributed by atoms with Gasteiger partial charge in [0, 0.05) is 11.3 Å². The van der Waals surface area contributed by atoms with Crippen LogP contribution in [0, 0.1) is 19.7 Å². The number of fused-ring (bicyclic) bond motifs is 2. The van der Waals surface area contributed by atoms with Gasteiger partial charge in [0.1, 0.15) is 29.8 Å². The summed E-state index contributed by atoms with van der Waals surface area (Å²) in [7, 11) is 0. The molecular formula is C18H18FN5O3. The number of hydrogen-bond donors (Lipinski definition) is 2. The Morgan fingerprint density at radius 3 is 2.89 bits per heavy atom. The lowest BCUT2D eigenvalue weighted by Gasteiger charge is -2.08. The van der Waals surface area contributed by atoms with Crippen LogP contribution in [0.5, 0.6) is 17.4 Å². The highest BCUT2D eigenvalue weighted by Gasteiger charge is 2.18. The number of rotatable bonds is 5. The number of aromatic nitrogens is 5. The van der Waals surface area contributed by atoms with E-state index in [0.717, 1.165) is 11.3 Å². The second kappa shape index (κ2) is 6.51. The van der Waals surface area contributed by atoms with Crippen molar-refractivity contribution in [3.8, 4) is 17.4 Å². The van der Waals surface area contributed by atoms with Crippen molar-refractivity contribution in [2.24, 2.45) is 0 Å². The van der Waals surface area contributed by atoms with E-state index in [9.17, 15) is 9.50 Å². The lowest BCUT2D eigenvalue weighted by molar-refractivity contribution is 0.122. The minimum absolute atomic E-state index is 0.0332. The van der Waals surface area contributed by atoms with E-state index in [1.54, 1.807) is 23.7 Å². The van der Waals surface area contributed by atoms with Gasteiger partial charge < -0.3 is 19.6 Å². The molecule has 0 saturated heterocycles. The van der Waals surface area contributed by atoms with E-state index in [4.69, 9.17) is 9.47 Å². The lowest BCUT2D eigenvalue weighted by atomic mass is 10.3. The van der Waals surface area contributed by atoms with Gasteiger partial charge in [-0.25, -0.2) is 13.9 Å². The van der Waals surface area contributed by atoms with Gasteiger partial charge in [-0.15, -0.1) is 0 Å². The van der Waals surface area contributed by atoms with Crippen molar-refractivity contribution in [2.45, 2.75) is 26.9 Å². The first-order chi connectivity index (χ1) is 12.9. The first-order valence-electron chi connectivity index (χ1n) is 8.39. The van der Waals surface area contributed by atoms with Crippen LogP contribution < -0.4 is 9.47 Å². The maximum Gasteiger partial charge on any atom is 0.247 e. The van der Waals surface area contributed by atoms with Gasteiger partial charge in [-0.1, -0.05) is 0 Å². The zero-order chi connectivity index (χ0) is 19.1. The Hall–Kier alpha value is -3.20. The van der Waals surface area contributed by atoms with Gasteiger partial charge in [0.2, 0.25) is 5.88 Å². The number of nitrogens with zero attached hydrogens (tertiary/aromatic N) is 4. The van der Waals surface area contributed by atoms with Crippen molar-refractivity contribution in [1.29, 1.82) is 0 Å². The number of hydrogen-bond acceptors (Lipinski definition) is 6. The molecule has 27 heavy (non-hydrogen) atoms. The zero-order valence-corrected chi connectivity index (χ0v) is 15.0. The molecule has 0 aliphatic carbocycles. The van der Waals surface area contributed by atoms with Crippen LogP contribution in [0.2, 0.25) is 0 Å². The zero-order valence-electron chi connectivity index (χ0n) is 15.0. The van der Waals surface area contributed by atoms with Gasteiger partial charge in [-0.2, -0.15) is 10.1 Å². The summed E-state index contributed by atoms with van der Waals surface area (Å²) < 4.78 is 27.7. The number of aliphatic hydroxyl groups is 1. The van der Waals surface area contributed by atoms with Gasteiger partial charge in [0.05, 0.1) is 23.9 Å². The summed E-state index contributed by atoms with van der Waals surface area (Å²) in [5.74, 6) is 0.170. The van der Waals surface area contributed by atoms with E-state index in [0.29, 0.717) is 22.3 Å². The molecule has 2 N–H and O–H groups in total. The molecule has 0 amide bonds. The van der Waals surface area contributed by atoms with Crippen LogP contribution in [0.1, 0.15) is 18.2 Å². The number of aliphatic hydroxyl groups excluding tert-OH is 1. The molecule has 0 spiro atoms. The highest BCUT2D eigenvalue weighted by Crippen LogP contribution is 2.34. The van der Waals surface area contributed by atoms with Crippen LogP contribution in [0.3, 0.4) is 0 Å². The van der Waals surface area contributed by atoms with E-state index in [2.05, 4.69) is 20.1 Å². The van der Waals surface area contributed by atoms with Crippen LogP contribution in [-0.2, 0) is 0 Å². The fraction of sp³-hybridized carbons (Fsp3) is 0.278. The van der Waals surface area contributed by atoms with E-state index in [1.165, 1.54) is 12.5 Å². The number of aromatic amines is 1. The molecule has 0 aromatic carbocycles. The molecule has 4 aromatic heterocycles. The highest BCUT2D eigenvalue weighted by molar-refractivity contribution is 5.79. The number of pyridine rings is 1. The second-order valence-electron chi connectivity index (χ2n) is 6.39. The van der Waals surface area contributed by atoms with E-state index in [-0.39, 0.29) is 18.2 Å². The van der Waals surface area contributed by atoms with Crippen molar-refractivity contribution in [1.82, 2.24) is 24.6 Å². The van der Waals surface area contributed by atoms with E-state index < -0.39 is 11.9 Å². The summed E-state index contributed by atoms with van der Waals surface area (Å²) in [6.07, 6.45) is 3.68. The largest absolute Gasteiger partial charge is 0.489 e. The molecule has 1 atom stereocenters. The summed E-state index contributed by atoms with van der Waals surface area (Å²) >= 11 is 0. The Balaban J connectivity index is 1.75. The van der Waals surface area contributed by atoms with Crippen molar-refractivity contribution >= 4 is 16.6 Å². The maximum absolute atomic E-state index is 14.8. The average molecular weight is 371 g/mol. The quantitative estimate of drug-likeness (QED) is 0.560. The number of halogens is 1. The summed E-state index contributed by atoms with van der Waals surface area (Å²) in [4.78, 5) is 11.3. The van der Waals surface area contributed by atoms with Crippen LogP contribution >= 0.6 is 0 Å². The fourth-order valence-corrected chi connectivity index (χ4v) is 2.87. The van der Waals surface area contributed by atoms with E-state index >= 15 is 0 Å². The fourth-order valence-electron chi connectivity index (χ4n) is 2.87. The molecule has 140 valence electrons. The van der Waals surface area contributed by atoms with Crippen molar-refractivity contribution in [3.63, 3.8) is 0 Å². The smallest absolute Gasteiger partial charge is 0.247 e. The molecule has 0 bridgehead atoms. The third-order valence-electron chi connectivity index (χ3n) is 4.13. The van der Waals surface area contributed by atoms with Gasteiger partial charge in [-0.3, -0.25) is 0 Å². The number of aryl methyl sites for hydroxylation is 2. The molecule has 9 heteroatoms. The molecule has 0 radical (unpaired) electrons. The topological polar surface area (TPSA) is 97.6 Å². The van der Waals surface area contributed by atoms with Gasteiger partial charge in [-0.05, 0) is 26.8 Å². The molecule has 4 aromatic rings. The molecule has 4 heterocycles. The molecule has 0 saturated carbocycles. The predicted octanol–water partition coefficient (Wildman–Crippen LogP) is 2.91. The molecule has 0 aliphatic rings. The summed E-state index contributed by atoms with van der Waals surface area (Å²) in [6, 6.07) is 1.67. The Labute approximate surface area is 153 Å². The first kappa shape index (κ1) is 17.2. The minimum atomic E-state index is -0.606. The van der Waals surface area contributed by atoms with Gasteiger partial charge >= 0.3 is 0 Å². The van der Waals surface area contributed by atoms with Crippen LogP contribution in [0.25, 0.3) is 16.6 Å². The van der Waals surface area contributed by atoms with Crippen LogP contribution in [0.4, 0.5) is 4.39 Å². The Morgan fingerprint density at radius 2 is 2.11 bits per heavy atom. The number of nitrogens with one attached hydrogen (secondary N) is 1. The monoisotopic (exact) mass is 371 g/mol. The SMILES string of the molecule is Cc1cc2c(F)c(Oc3ncnn4cc(OC[C@H](C)O)c(C)c34)cnc2[nH]1. The summed E-state index contributed by atoms with van der Waals surface area (Å²) in [5.41, 5.74) is 2.53. The Morgan fingerprint density at radius 1 is 1.30 bits per heavy atom. The molecule has 0 unspecified atom stereocenters. The third-order valence-corrected chi connectivity index (χ3v) is 4.13. The predicted molar refractivity (Wildman–Crippen MR) is 95.8 cm³/mol. The van der Waals surface area contributed by atoms with Crippen molar-refractivity contribution in [2.75, 3.05) is 6.61 Å². The third kappa shape index (κ3) is 3.06. The minimum Gasteiger partial charge on any atom is -0.489 e. The van der Waals surface area contributed by atoms with E-state index in [1.807, 2.05) is 13.8 Å². The van der Waals surface area contributed by atoms with Gasteiger partial charge in [0.25, 0.3) is 0 Å². The second-order valence-corrected chi connectivity index (χ2v) is 6.39. The Bertz CT molecular complexity index is 1140. The average Bonchev–Trinajstić information content (AvgIpc) is 3.16. The van der Waals surface area contributed by atoms with Gasteiger partial charge in [0.15, 0.2) is 11.6 Å². The number of H-pyrrole nitrogens is 1.